The Morgan fingerprint density at radius 1 is 1.00 bits per heavy atom. The summed E-state index contributed by atoms with van der Waals surface area (Å²) in [4.78, 5) is 31.0. The summed E-state index contributed by atoms with van der Waals surface area (Å²) in [5, 5.41) is 5.12. The Kier molecular flexibility index (Phi) is 8.42. The van der Waals surface area contributed by atoms with Gasteiger partial charge >= 0.3 is 0 Å². The first kappa shape index (κ1) is 22.5. The smallest absolute Gasteiger partial charge is 0.279 e. The third kappa shape index (κ3) is 6.39. The van der Waals surface area contributed by atoms with Crippen LogP contribution in [0.25, 0.3) is 0 Å². The fourth-order valence-corrected chi connectivity index (χ4v) is 4.69. The number of anilines is 1. The first-order valence-electron chi connectivity index (χ1n) is 10.9. The van der Waals surface area contributed by atoms with Gasteiger partial charge in [0.25, 0.3) is 11.8 Å². The van der Waals surface area contributed by atoms with Crippen LogP contribution in [0.3, 0.4) is 0 Å². The monoisotopic (exact) mass is 430 g/mol. The van der Waals surface area contributed by atoms with Gasteiger partial charge in [-0.05, 0) is 36.4 Å². The van der Waals surface area contributed by atoms with Crippen LogP contribution < -0.4 is 15.1 Å². The second-order valence-electron chi connectivity index (χ2n) is 7.90. The Balaban J connectivity index is 1.42. The quantitative estimate of drug-likeness (QED) is 0.528. The van der Waals surface area contributed by atoms with E-state index in [-0.39, 0.29) is 11.8 Å². The molecule has 3 N–H and O–H groups in total. The molecule has 2 aromatic rings. The van der Waals surface area contributed by atoms with Crippen molar-refractivity contribution in [3.63, 3.8) is 0 Å². The van der Waals surface area contributed by atoms with Gasteiger partial charge in [-0.3, -0.25) is 9.59 Å². The van der Waals surface area contributed by atoms with Gasteiger partial charge in [0, 0.05) is 17.1 Å². The second kappa shape index (κ2) is 11.2. The third-order valence-corrected chi connectivity index (χ3v) is 6.67. The molecular weight excluding hydrogens is 396 g/mol. The molecule has 0 saturated carbocycles. The summed E-state index contributed by atoms with van der Waals surface area (Å²) in [7, 11) is 0. The van der Waals surface area contributed by atoms with E-state index in [2.05, 4.69) is 29.8 Å². The van der Waals surface area contributed by atoms with Crippen LogP contribution in [0.5, 0.6) is 0 Å². The van der Waals surface area contributed by atoms with E-state index in [1.807, 2.05) is 36.1 Å². The van der Waals surface area contributed by atoms with Crippen LogP contribution in [0, 0.1) is 0 Å². The topological polar surface area (TPSA) is 58.3 Å². The second-order valence-corrected chi connectivity index (χ2v) is 8.93. The highest BCUT2D eigenvalue weighted by Gasteiger charge is 2.28. The molecule has 1 saturated heterocycles. The molecule has 0 bridgehead atoms. The molecule has 7 heteroatoms. The van der Waals surface area contributed by atoms with E-state index in [0.29, 0.717) is 19.6 Å². The molecule has 3 rings (SSSR count). The number of aryl methyl sites for hydroxylation is 1. The number of carbonyl (C=O) groups is 2. The Morgan fingerprint density at radius 2 is 1.70 bits per heavy atom. The average molecular weight is 431 g/mol. The van der Waals surface area contributed by atoms with Gasteiger partial charge in [-0.25, -0.2) is 0 Å². The summed E-state index contributed by atoms with van der Waals surface area (Å²) in [6.07, 6.45) is 0.903. The molecule has 2 amide bonds. The van der Waals surface area contributed by atoms with E-state index in [0.717, 1.165) is 50.4 Å². The van der Waals surface area contributed by atoms with E-state index in [4.69, 9.17) is 0 Å². The molecule has 1 aromatic heterocycles. The summed E-state index contributed by atoms with van der Waals surface area (Å²) < 4.78 is 0. The predicted molar refractivity (Wildman–Crippen MR) is 121 cm³/mol. The summed E-state index contributed by atoms with van der Waals surface area (Å²) in [6.45, 7) is 10.3. The van der Waals surface area contributed by atoms with Crippen molar-refractivity contribution in [3.8, 4) is 0 Å². The first-order chi connectivity index (χ1) is 14.6. The maximum Gasteiger partial charge on any atom is 0.279 e. The Bertz CT molecular complexity index is 816. The number of hydrogen-bond donors (Lipinski definition) is 3. The molecule has 0 unspecified atom stereocenters. The van der Waals surface area contributed by atoms with Gasteiger partial charge in [-0.2, -0.15) is 0 Å². The van der Waals surface area contributed by atoms with Gasteiger partial charge in [0.2, 0.25) is 0 Å². The van der Waals surface area contributed by atoms with Crippen LogP contribution in [0.2, 0.25) is 0 Å². The first-order valence-corrected chi connectivity index (χ1v) is 11.8. The fourth-order valence-electron chi connectivity index (χ4n) is 3.98. The average Bonchev–Trinajstić information content (AvgIpc) is 3.27. The van der Waals surface area contributed by atoms with Gasteiger partial charge in [0.05, 0.1) is 6.54 Å². The highest BCUT2D eigenvalue weighted by Crippen LogP contribution is 2.15. The molecular formula is C23H34N4O2S+2. The Hall–Kier alpha value is -2.22. The highest BCUT2D eigenvalue weighted by atomic mass is 32.1. The highest BCUT2D eigenvalue weighted by molar-refractivity contribution is 7.09. The number of hydrogen-bond acceptors (Lipinski definition) is 3. The minimum atomic E-state index is 0.0681. The largest absolute Gasteiger partial charge is 0.333 e. The predicted octanol–water partition coefficient (Wildman–Crippen LogP) is 0.0811. The lowest BCUT2D eigenvalue weighted by atomic mass is 10.1. The van der Waals surface area contributed by atoms with E-state index in [9.17, 15) is 9.59 Å². The van der Waals surface area contributed by atoms with Crippen LogP contribution in [0.15, 0.2) is 41.8 Å². The van der Waals surface area contributed by atoms with Gasteiger partial charge in [-0.1, -0.05) is 31.2 Å². The number of nitrogens with one attached hydrogen (secondary N) is 3. The number of para-hydroxylation sites is 1. The fraction of sp³-hybridized carbons (Fsp3) is 0.478. The van der Waals surface area contributed by atoms with Crippen LogP contribution in [-0.2, 0) is 22.6 Å². The number of benzene rings is 1. The van der Waals surface area contributed by atoms with Crippen LogP contribution in [0.1, 0.15) is 24.3 Å². The molecule has 1 aliphatic heterocycles. The summed E-state index contributed by atoms with van der Waals surface area (Å²) in [5.41, 5.74) is 2.08. The number of quaternary nitrogens is 2. The Morgan fingerprint density at radius 3 is 2.33 bits per heavy atom. The van der Waals surface area contributed by atoms with Gasteiger partial charge in [0.15, 0.2) is 13.1 Å². The number of carbonyl (C=O) groups excluding carboxylic acids is 2. The SMILES string of the molecule is CCc1ccccc1NC(=O)C[NH+]1CC[NH+](CC(=O)N(CC)Cc2cccs2)CC1. The van der Waals surface area contributed by atoms with Gasteiger partial charge in [-0.15, -0.1) is 11.3 Å². The number of nitrogens with zero attached hydrogens (tertiary/aromatic N) is 1. The lowest BCUT2D eigenvalue weighted by molar-refractivity contribution is -1.00. The van der Waals surface area contributed by atoms with Crippen molar-refractivity contribution in [1.82, 2.24) is 4.90 Å². The lowest BCUT2D eigenvalue weighted by Crippen LogP contribution is -3.28. The molecule has 6 nitrogen and oxygen atoms in total. The van der Waals surface area contributed by atoms with E-state index in [1.54, 1.807) is 11.3 Å². The lowest BCUT2D eigenvalue weighted by Gasteiger charge is -2.30. The van der Waals surface area contributed by atoms with Crippen molar-refractivity contribution in [3.05, 3.63) is 52.2 Å². The van der Waals surface area contributed by atoms with Crippen LogP contribution in [0.4, 0.5) is 5.69 Å². The number of likely N-dealkylation sites (N-methyl/N-ethyl adjacent to an activating group) is 1. The molecule has 2 heterocycles. The third-order valence-electron chi connectivity index (χ3n) is 5.81. The zero-order chi connectivity index (χ0) is 21.3. The van der Waals surface area contributed by atoms with Crippen molar-refractivity contribution < 1.29 is 19.4 Å². The van der Waals surface area contributed by atoms with Gasteiger partial charge in [0.1, 0.15) is 26.2 Å². The molecule has 1 aromatic carbocycles. The molecule has 0 aliphatic carbocycles. The van der Waals surface area contributed by atoms with Crippen LogP contribution in [-0.4, -0.2) is 62.5 Å². The van der Waals surface area contributed by atoms with Crippen LogP contribution >= 0.6 is 11.3 Å². The van der Waals surface area contributed by atoms with E-state index < -0.39 is 0 Å². The maximum absolute atomic E-state index is 12.7. The minimum Gasteiger partial charge on any atom is -0.333 e. The number of thiophene rings is 1. The molecule has 1 fully saturated rings. The number of piperazine rings is 1. The molecule has 1 aliphatic rings. The molecule has 162 valence electrons. The summed E-state index contributed by atoms with van der Waals surface area (Å²) in [6, 6.07) is 12.1. The van der Waals surface area contributed by atoms with Crippen molar-refractivity contribution in [1.29, 1.82) is 0 Å². The van der Waals surface area contributed by atoms with Gasteiger partial charge < -0.3 is 20.0 Å². The maximum atomic E-state index is 12.7. The summed E-state index contributed by atoms with van der Waals surface area (Å²) >= 11 is 1.70. The molecule has 0 atom stereocenters. The van der Waals surface area contributed by atoms with Crippen molar-refractivity contribution >= 4 is 28.8 Å². The Labute approximate surface area is 183 Å². The van der Waals surface area contributed by atoms with Crippen molar-refractivity contribution in [2.75, 3.05) is 51.1 Å². The normalized spacial score (nSPS) is 18.7. The van der Waals surface area contributed by atoms with E-state index >= 15 is 0 Å². The standard InChI is InChI=1S/C23H32N4O2S/c1-3-19-8-5-6-10-21(19)24-22(28)17-25-11-13-26(14-12-25)18-23(29)27(4-2)16-20-9-7-15-30-20/h5-10,15H,3-4,11-14,16-18H2,1-2H3,(H,24,28)/p+2. The zero-order valence-corrected chi connectivity index (χ0v) is 18.9. The number of amides is 2. The summed E-state index contributed by atoms with van der Waals surface area (Å²) in [5.74, 6) is 0.289. The molecule has 0 spiro atoms. The molecule has 30 heavy (non-hydrogen) atoms. The molecule has 0 radical (unpaired) electrons. The number of rotatable bonds is 9. The zero-order valence-electron chi connectivity index (χ0n) is 18.1. The van der Waals surface area contributed by atoms with E-state index in [1.165, 1.54) is 14.7 Å². The van der Waals surface area contributed by atoms with Crippen molar-refractivity contribution in [2.45, 2.75) is 26.8 Å². The van der Waals surface area contributed by atoms with Crippen molar-refractivity contribution in [2.24, 2.45) is 0 Å². The minimum absolute atomic E-state index is 0.0681.